The van der Waals surface area contributed by atoms with Crippen molar-refractivity contribution in [3.8, 4) is 0 Å². The van der Waals surface area contributed by atoms with Crippen molar-refractivity contribution in [1.29, 1.82) is 0 Å². The topological polar surface area (TPSA) is 58.8 Å². The highest BCUT2D eigenvalue weighted by atomic mass is 16.5. The summed E-state index contributed by atoms with van der Waals surface area (Å²) in [6.07, 6.45) is 1.08. The van der Waals surface area contributed by atoms with Crippen molar-refractivity contribution in [2.75, 3.05) is 43.4 Å². The van der Waals surface area contributed by atoms with E-state index in [1.165, 1.54) is 5.69 Å². The van der Waals surface area contributed by atoms with Crippen molar-refractivity contribution in [3.63, 3.8) is 0 Å². The number of nitrogen functional groups attached to an aromatic ring is 1. The summed E-state index contributed by atoms with van der Waals surface area (Å²) in [7, 11) is 0. The van der Waals surface area contributed by atoms with Gasteiger partial charge in [-0.3, -0.25) is 4.79 Å². The molecule has 114 valence electrons. The van der Waals surface area contributed by atoms with Crippen LogP contribution in [0.3, 0.4) is 0 Å². The lowest BCUT2D eigenvalue weighted by Crippen LogP contribution is -2.50. The summed E-state index contributed by atoms with van der Waals surface area (Å²) < 4.78 is 5.51. The van der Waals surface area contributed by atoms with Crippen LogP contribution in [0.4, 0.5) is 11.4 Å². The Labute approximate surface area is 125 Å². The molecular formula is C16H23N3O2. The van der Waals surface area contributed by atoms with E-state index in [0.717, 1.165) is 38.3 Å². The summed E-state index contributed by atoms with van der Waals surface area (Å²) in [4.78, 5) is 16.7. The summed E-state index contributed by atoms with van der Waals surface area (Å²) in [5.41, 5.74) is 7.67. The van der Waals surface area contributed by atoms with Crippen LogP contribution in [0.2, 0.25) is 0 Å². The minimum absolute atomic E-state index is 0.0584. The summed E-state index contributed by atoms with van der Waals surface area (Å²) in [5, 5.41) is 0. The summed E-state index contributed by atoms with van der Waals surface area (Å²) in [5.74, 6) is 0.319. The van der Waals surface area contributed by atoms with Crippen LogP contribution in [0.15, 0.2) is 24.3 Å². The summed E-state index contributed by atoms with van der Waals surface area (Å²) in [6, 6.07) is 7.92. The second kappa shape index (κ2) is 5.93. The van der Waals surface area contributed by atoms with Crippen molar-refractivity contribution in [1.82, 2.24) is 4.90 Å². The molecule has 0 radical (unpaired) electrons. The first-order valence-corrected chi connectivity index (χ1v) is 7.64. The Kier molecular flexibility index (Phi) is 4.01. The van der Waals surface area contributed by atoms with E-state index in [9.17, 15) is 4.79 Å². The molecule has 2 aliphatic heterocycles. The number of nitrogens with two attached hydrogens (primary N) is 1. The number of hydrogen-bond acceptors (Lipinski definition) is 4. The first-order chi connectivity index (χ1) is 10.1. The van der Waals surface area contributed by atoms with Gasteiger partial charge in [-0.25, -0.2) is 0 Å². The van der Waals surface area contributed by atoms with Crippen LogP contribution >= 0.6 is 0 Å². The van der Waals surface area contributed by atoms with Gasteiger partial charge in [-0.15, -0.1) is 0 Å². The highest BCUT2D eigenvalue weighted by molar-refractivity contribution is 5.79. The van der Waals surface area contributed by atoms with Crippen molar-refractivity contribution in [2.24, 2.45) is 5.92 Å². The fourth-order valence-corrected chi connectivity index (χ4v) is 3.12. The van der Waals surface area contributed by atoms with Crippen LogP contribution in [0.1, 0.15) is 13.3 Å². The van der Waals surface area contributed by atoms with Crippen LogP contribution in [0.5, 0.6) is 0 Å². The van der Waals surface area contributed by atoms with E-state index in [1.807, 2.05) is 36.1 Å². The molecule has 1 aromatic carbocycles. The third-order valence-corrected chi connectivity index (χ3v) is 4.40. The second-order valence-corrected chi connectivity index (χ2v) is 5.98. The van der Waals surface area contributed by atoms with Crippen LogP contribution < -0.4 is 10.6 Å². The quantitative estimate of drug-likeness (QED) is 0.835. The van der Waals surface area contributed by atoms with Gasteiger partial charge in [0, 0.05) is 37.6 Å². The number of rotatable bonds is 2. The molecule has 1 aromatic rings. The van der Waals surface area contributed by atoms with Gasteiger partial charge in [0.1, 0.15) is 0 Å². The minimum atomic E-state index is 0.0584. The average Bonchev–Trinajstić information content (AvgIpc) is 2.94. The molecule has 2 unspecified atom stereocenters. The Morgan fingerprint density at radius 3 is 2.43 bits per heavy atom. The predicted molar refractivity (Wildman–Crippen MR) is 83.2 cm³/mol. The number of amides is 1. The van der Waals surface area contributed by atoms with Crippen molar-refractivity contribution in [2.45, 2.75) is 19.4 Å². The first kappa shape index (κ1) is 14.2. The van der Waals surface area contributed by atoms with E-state index < -0.39 is 0 Å². The number of anilines is 2. The second-order valence-electron chi connectivity index (χ2n) is 5.98. The maximum Gasteiger partial charge on any atom is 0.228 e. The molecule has 5 heteroatoms. The highest BCUT2D eigenvalue weighted by Gasteiger charge is 2.32. The molecule has 2 heterocycles. The Morgan fingerprint density at radius 1 is 1.19 bits per heavy atom. The molecule has 2 fully saturated rings. The number of hydrogen-bond donors (Lipinski definition) is 1. The summed E-state index contributed by atoms with van der Waals surface area (Å²) in [6.45, 7) is 5.93. The van der Waals surface area contributed by atoms with E-state index >= 15 is 0 Å². The molecule has 21 heavy (non-hydrogen) atoms. The number of carbonyl (C=O) groups excluding carboxylic acids is 1. The molecule has 2 atom stereocenters. The SMILES string of the molecule is CC1CC(C(=O)N2CCN(c3ccc(N)cc3)CC2)CO1. The fraction of sp³-hybridized carbons (Fsp3) is 0.562. The van der Waals surface area contributed by atoms with Gasteiger partial charge >= 0.3 is 0 Å². The number of piperazine rings is 1. The molecule has 0 saturated carbocycles. The molecule has 0 spiro atoms. The van der Waals surface area contributed by atoms with Crippen LogP contribution in [0.25, 0.3) is 0 Å². The Hall–Kier alpha value is -1.75. The molecule has 5 nitrogen and oxygen atoms in total. The van der Waals surface area contributed by atoms with E-state index in [1.54, 1.807) is 0 Å². The van der Waals surface area contributed by atoms with Gasteiger partial charge in [0.25, 0.3) is 0 Å². The fourth-order valence-electron chi connectivity index (χ4n) is 3.12. The number of ether oxygens (including phenoxy) is 1. The Balaban J connectivity index is 1.55. The third kappa shape index (κ3) is 3.13. The molecule has 0 aliphatic carbocycles. The molecule has 0 bridgehead atoms. The lowest BCUT2D eigenvalue weighted by atomic mass is 10.0. The van der Waals surface area contributed by atoms with Gasteiger partial charge in [-0.2, -0.15) is 0 Å². The van der Waals surface area contributed by atoms with Gasteiger partial charge in [-0.05, 0) is 37.6 Å². The maximum absolute atomic E-state index is 12.4. The van der Waals surface area contributed by atoms with E-state index in [0.29, 0.717) is 6.61 Å². The smallest absolute Gasteiger partial charge is 0.228 e. The normalized spacial score (nSPS) is 26.1. The van der Waals surface area contributed by atoms with Crippen LogP contribution in [-0.4, -0.2) is 49.7 Å². The van der Waals surface area contributed by atoms with Crippen molar-refractivity contribution >= 4 is 17.3 Å². The van der Waals surface area contributed by atoms with Crippen molar-refractivity contribution < 1.29 is 9.53 Å². The molecule has 2 saturated heterocycles. The Morgan fingerprint density at radius 2 is 1.86 bits per heavy atom. The summed E-state index contributed by atoms with van der Waals surface area (Å²) >= 11 is 0. The highest BCUT2D eigenvalue weighted by Crippen LogP contribution is 2.23. The third-order valence-electron chi connectivity index (χ3n) is 4.40. The monoisotopic (exact) mass is 289 g/mol. The van der Waals surface area contributed by atoms with Gasteiger partial charge in [0.05, 0.1) is 18.6 Å². The molecule has 2 N–H and O–H groups in total. The zero-order valence-corrected chi connectivity index (χ0v) is 12.5. The zero-order chi connectivity index (χ0) is 14.8. The lowest BCUT2D eigenvalue weighted by molar-refractivity contribution is -0.135. The Bertz CT molecular complexity index is 495. The molecular weight excluding hydrogens is 266 g/mol. The van der Waals surface area contributed by atoms with Gasteiger partial charge in [-0.1, -0.05) is 0 Å². The maximum atomic E-state index is 12.4. The van der Waals surface area contributed by atoms with Gasteiger partial charge in [0.2, 0.25) is 5.91 Å². The number of nitrogens with zero attached hydrogens (tertiary/aromatic N) is 2. The number of carbonyl (C=O) groups is 1. The minimum Gasteiger partial charge on any atom is -0.399 e. The van der Waals surface area contributed by atoms with Crippen LogP contribution in [-0.2, 0) is 9.53 Å². The molecule has 3 rings (SSSR count). The first-order valence-electron chi connectivity index (χ1n) is 7.64. The zero-order valence-electron chi connectivity index (χ0n) is 12.5. The number of benzene rings is 1. The predicted octanol–water partition coefficient (Wildman–Crippen LogP) is 1.34. The standard InChI is InChI=1S/C16H23N3O2/c1-12-10-13(11-21-12)16(20)19-8-6-18(7-9-19)15-4-2-14(17)3-5-15/h2-5,12-13H,6-11,17H2,1H3. The van der Waals surface area contributed by atoms with Crippen molar-refractivity contribution in [3.05, 3.63) is 24.3 Å². The van der Waals surface area contributed by atoms with Gasteiger partial charge < -0.3 is 20.3 Å². The molecule has 2 aliphatic rings. The van der Waals surface area contributed by atoms with E-state index in [2.05, 4.69) is 4.90 Å². The lowest BCUT2D eigenvalue weighted by Gasteiger charge is -2.37. The molecule has 1 amide bonds. The largest absolute Gasteiger partial charge is 0.399 e. The average molecular weight is 289 g/mol. The van der Waals surface area contributed by atoms with Gasteiger partial charge in [0.15, 0.2) is 0 Å². The van der Waals surface area contributed by atoms with E-state index in [4.69, 9.17) is 10.5 Å². The van der Waals surface area contributed by atoms with E-state index in [-0.39, 0.29) is 17.9 Å². The molecule has 0 aromatic heterocycles. The van der Waals surface area contributed by atoms with Crippen LogP contribution in [0, 0.1) is 5.92 Å².